The summed E-state index contributed by atoms with van der Waals surface area (Å²) in [5.41, 5.74) is 3.91. The standard InChI is InChI=1S/C24H32O3Se/c1-5-25-17(3)20-13-10-14-21(18(4)26-6-2)24(20)28-22-15-16-27-23(22)19-11-8-7-9-12-19/h7-14,17-18,22-23H,5-6,15-16H2,1-4H3/t17-,18-,22-,23+/m1/s1. The fourth-order valence-corrected chi connectivity index (χ4v) is 7.22. The number of benzene rings is 2. The molecule has 0 radical (unpaired) electrons. The monoisotopic (exact) mass is 448 g/mol. The zero-order chi connectivity index (χ0) is 19.9. The van der Waals surface area contributed by atoms with Crippen molar-refractivity contribution >= 4 is 19.4 Å². The van der Waals surface area contributed by atoms with Gasteiger partial charge in [0.2, 0.25) is 0 Å². The van der Waals surface area contributed by atoms with Gasteiger partial charge in [-0.15, -0.1) is 0 Å². The van der Waals surface area contributed by atoms with Crippen LogP contribution in [0.2, 0.25) is 4.82 Å². The molecular formula is C24H32O3Se. The Morgan fingerprint density at radius 2 is 1.54 bits per heavy atom. The van der Waals surface area contributed by atoms with E-state index in [4.69, 9.17) is 14.2 Å². The summed E-state index contributed by atoms with van der Waals surface area (Å²) in [6, 6.07) is 17.3. The molecule has 4 heteroatoms. The molecule has 1 fully saturated rings. The Balaban J connectivity index is 1.94. The maximum atomic E-state index is 6.17. The first-order valence-electron chi connectivity index (χ1n) is 10.3. The first kappa shape index (κ1) is 21.5. The van der Waals surface area contributed by atoms with Gasteiger partial charge in [0.05, 0.1) is 0 Å². The van der Waals surface area contributed by atoms with Gasteiger partial charge in [-0.2, -0.15) is 0 Å². The van der Waals surface area contributed by atoms with E-state index in [2.05, 4.69) is 76.2 Å². The van der Waals surface area contributed by atoms with Crippen molar-refractivity contribution in [3.63, 3.8) is 0 Å². The van der Waals surface area contributed by atoms with E-state index in [0.717, 1.165) is 26.2 Å². The molecule has 1 aliphatic rings. The molecule has 1 heterocycles. The summed E-state index contributed by atoms with van der Waals surface area (Å²) in [6.07, 6.45) is 1.48. The third-order valence-electron chi connectivity index (χ3n) is 5.22. The van der Waals surface area contributed by atoms with Gasteiger partial charge in [0.15, 0.2) is 0 Å². The molecule has 3 nitrogen and oxygen atoms in total. The average Bonchev–Trinajstić information content (AvgIpc) is 3.17. The molecule has 3 rings (SSSR count). The van der Waals surface area contributed by atoms with Gasteiger partial charge in [-0.05, 0) is 0 Å². The van der Waals surface area contributed by atoms with Gasteiger partial charge in [-0.25, -0.2) is 0 Å². The van der Waals surface area contributed by atoms with E-state index in [0.29, 0.717) is 4.82 Å². The molecule has 1 aliphatic heterocycles. The molecule has 4 atom stereocenters. The summed E-state index contributed by atoms with van der Waals surface area (Å²) in [5, 5.41) is 0. The number of hydrogen-bond donors (Lipinski definition) is 0. The third-order valence-corrected chi connectivity index (χ3v) is 8.35. The van der Waals surface area contributed by atoms with Crippen molar-refractivity contribution in [3.8, 4) is 0 Å². The SMILES string of the molecule is CCO[C@H](C)c1cccc([C@@H](C)OCC)c1[Se][C@@H]1CCO[C@H]1c1ccccc1. The van der Waals surface area contributed by atoms with Crippen LogP contribution in [0.1, 0.15) is 69.1 Å². The molecule has 152 valence electrons. The predicted molar refractivity (Wildman–Crippen MR) is 115 cm³/mol. The van der Waals surface area contributed by atoms with E-state index < -0.39 is 0 Å². The molecule has 0 amide bonds. The topological polar surface area (TPSA) is 27.7 Å². The molecule has 0 saturated carbocycles. The fraction of sp³-hybridized carbons (Fsp3) is 0.500. The summed E-state index contributed by atoms with van der Waals surface area (Å²) in [4.78, 5) is 0.525. The summed E-state index contributed by atoms with van der Waals surface area (Å²) in [6.45, 7) is 10.7. The van der Waals surface area contributed by atoms with Crippen LogP contribution < -0.4 is 4.46 Å². The molecule has 0 bridgehead atoms. The minimum atomic E-state index is 0.0909. The van der Waals surface area contributed by atoms with Crippen molar-refractivity contribution < 1.29 is 14.2 Å². The molecule has 1 saturated heterocycles. The third kappa shape index (κ3) is 5.06. The number of rotatable bonds is 9. The first-order valence-corrected chi connectivity index (χ1v) is 12.2. The van der Waals surface area contributed by atoms with Crippen LogP contribution in [0.5, 0.6) is 0 Å². The van der Waals surface area contributed by atoms with Crippen LogP contribution in [-0.4, -0.2) is 34.8 Å². The Kier molecular flexibility index (Phi) is 8.13. The van der Waals surface area contributed by atoms with Gasteiger partial charge in [0.1, 0.15) is 0 Å². The van der Waals surface area contributed by atoms with E-state index in [1.54, 1.807) is 0 Å². The van der Waals surface area contributed by atoms with Crippen molar-refractivity contribution in [1.29, 1.82) is 0 Å². The second-order valence-corrected chi connectivity index (χ2v) is 9.73. The average molecular weight is 447 g/mol. The predicted octanol–water partition coefficient (Wildman–Crippen LogP) is 5.16. The van der Waals surface area contributed by atoms with E-state index in [9.17, 15) is 0 Å². The van der Waals surface area contributed by atoms with Gasteiger partial charge >= 0.3 is 176 Å². The normalized spacial score (nSPS) is 21.6. The number of hydrogen-bond acceptors (Lipinski definition) is 3. The van der Waals surface area contributed by atoms with Gasteiger partial charge in [-0.1, -0.05) is 0 Å². The van der Waals surface area contributed by atoms with Gasteiger partial charge in [-0.3, -0.25) is 0 Å². The zero-order valence-corrected chi connectivity index (χ0v) is 19.1. The molecule has 0 unspecified atom stereocenters. The van der Waals surface area contributed by atoms with E-state index in [1.807, 2.05) is 0 Å². The summed E-state index contributed by atoms with van der Waals surface area (Å²) < 4.78 is 19.6. The first-order chi connectivity index (χ1) is 13.7. The molecule has 2 aromatic carbocycles. The maximum absolute atomic E-state index is 6.17. The van der Waals surface area contributed by atoms with Gasteiger partial charge in [0, 0.05) is 0 Å². The molecule has 0 spiro atoms. The quantitative estimate of drug-likeness (QED) is 0.497. The Labute approximate surface area is 175 Å². The summed E-state index contributed by atoms with van der Waals surface area (Å²) in [7, 11) is 0. The Bertz CT molecular complexity index is 704. The van der Waals surface area contributed by atoms with Crippen molar-refractivity contribution in [2.24, 2.45) is 0 Å². The second-order valence-electron chi connectivity index (χ2n) is 7.11. The molecule has 28 heavy (non-hydrogen) atoms. The van der Waals surface area contributed by atoms with Crippen LogP contribution in [0, 0.1) is 0 Å². The van der Waals surface area contributed by atoms with Crippen molar-refractivity contribution in [2.45, 2.75) is 57.2 Å². The van der Waals surface area contributed by atoms with Crippen molar-refractivity contribution in [2.75, 3.05) is 19.8 Å². The second kappa shape index (κ2) is 10.6. The Morgan fingerprint density at radius 1 is 0.929 bits per heavy atom. The van der Waals surface area contributed by atoms with Gasteiger partial charge in [0.25, 0.3) is 0 Å². The Morgan fingerprint density at radius 3 is 2.11 bits per heavy atom. The van der Waals surface area contributed by atoms with E-state index >= 15 is 0 Å². The zero-order valence-electron chi connectivity index (χ0n) is 17.4. The molecule has 0 N–H and O–H groups in total. The minimum absolute atomic E-state index is 0.0909. The number of ether oxygens (including phenoxy) is 3. The van der Waals surface area contributed by atoms with Crippen LogP contribution in [0.4, 0.5) is 0 Å². The van der Waals surface area contributed by atoms with E-state index in [-0.39, 0.29) is 33.3 Å². The molecule has 0 aromatic heterocycles. The molecule has 0 aliphatic carbocycles. The molecule has 2 aromatic rings. The van der Waals surface area contributed by atoms with Crippen molar-refractivity contribution in [1.82, 2.24) is 0 Å². The fourth-order valence-electron chi connectivity index (χ4n) is 3.82. The Hall–Kier alpha value is -1.16. The van der Waals surface area contributed by atoms with Crippen LogP contribution in [0.3, 0.4) is 0 Å². The summed E-state index contributed by atoms with van der Waals surface area (Å²) in [5.74, 6) is 0. The van der Waals surface area contributed by atoms with Crippen LogP contribution in [0.15, 0.2) is 48.5 Å². The van der Waals surface area contributed by atoms with Crippen LogP contribution >= 0.6 is 0 Å². The van der Waals surface area contributed by atoms with E-state index in [1.165, 1.54) is 21.2 Å². The molecular weight excluding hydrogens is 415 g/mol. The van der Waals surface area contributed by atoms with Crippen molar-refractivity contribution in [3.05, 3.63) is 65.2 Å². The summed E-state index contributed by atoms with van der Waals surface area (Å²) >= 11 is 0.277. The van der Waals surface area contributed by atoms with Gasteiger partial charge < -0.3 is 0 Å². The van der Waals surface area contributed by atoms with Crippen LogP contribution in [-0.2, 0) is 14.2 Å². The van der Waals surface area contributed by atoms with Crippen LogP contribution in [0.25, 0.3) is 0 Å².